The van der Waals surface area contributed by atoms with Crippen molar-refractivity contribution in [1.82, 2.24) is 0 Å². The van der Waals surface area contributed by atoms with E-state index >= 15 is 0 Å². The maximum absolute atomic E-state index is 10.6. The van der Waals surface area contributed by atoms with Gasteiger partial charge in [0.25, 0.3) is 0 Å². The zero-order valence-corrected chi connectivity index (χ0v) is 8.89. The van der Waals surface area contributed by atoms with Crippen molar-refractivity contribution in [2.75, 3.05) is 0 Å². The van der Waals surface area contributed by atoms with Crippen LogP contribution in [0.3, 0.4) is 0 Å². The van der Waals surface area contributed by atoms with Gasteiger partial charge in [-0.3, -0.25) is 4.79 Å². The van der Waals surface area contributed by atoms with Crippen molar-refractivity contribution in [1.29, 1.82) is 0 Å². The van der Waals surface area contributed by atoms with Gasteiger partial charge < -0.3 is 15.9 Å². The molecule has 0 aliphatic heterocycles. The quantitative estimate of drug-likeness (QED) is 0.649. The summed E-state index contributed by atoms with van der Waals surface area (Å²) < 4.78 is 0. The van der Waals surface area contributed by atoms with E-state index in [1.165, 1.54) is 0 Å². The third-order valence-electron chi connectivity index (χ3n) is 2.28. The molecule has 0 aliphatic carbocycles. The average molecular weight is 221 g/mol. The summed E-state index contributed by atoms with van der Waals surface area (Å²) in [5, 5.41) is 18.2. The molecule has 1 rings (SSSR count). The molecule has 0 saturated heterocycles. The van der Waals surface area contributed by atoms with Crippen molar-refractivity contribution in [3.63, 3.8) is 0 Å². The molecule has 0 heterocycles. The third-order valence-corrected chi connectivity index (χ3v) is 2.28. The number of nitrogens with two attached hydrogens (primary N) is 1. The van der Waals surface area contributed by atoms with Gasteiger partial charge in [-0.2, -0.15) is 0 Å². The first kappa shape index (κ1) is 12.3. The van der Waals surface area contributed by atoms with E-state index in [2.05, 4.69) is 6.58 Å². The van der Waals surface area contributed by atoms with Crippen molar-refractivity contribution in [3.8, 4) is 5.75 Å². The number of allylic oxidation sites excluding steroid dienone is 1. The van der Waals surface area contributed by atoms with Crippen molar-refractivity contribution >= 4 is 5.97 Å². The van der Waals surface area contributed by atoms with E-state index in [4.69, 9.17) is 10.8 Å². The molecule has 4 N–H and O–H groups in total. The van der Waals surface area contributed by atoms with Gasteiger partial charge >= 0.3 is 5.97 Å². The van der Waals surface area contributed by atoms with E-state index in [0.29, 0.717) is 6.42 Å². The van der Waals surface area contributed by atoms with Crippen LogP contribution in [-0.4, -0.2) is 22.2 Å². The summed E-state index contributed by atoms with van der Waals surface area (Å²) in [6, 6.07) is 4.05. The molecular formula is C12H15NO3. The minimum Gasteiger partial charge on any atom is -0.508 e. The SMILES string of the molecule is C=CCc1cc(C[C@H](N)C(=O)O)ccc1O. The summed E-state index contributed by atoms with van der Waals surface area (Å²) in [7, 11) is 0. The zero-order chi connectivity index (χ0) is 12.1. The predicted molar refractivity (Wildman–Crippen MR) is 61.3 cm³/mol. The number of phenolic OH excluding ortho intramolecular Hbond substituents is 1. The fourth-order valence-corrected chi connectivity index (χ4v) is 1.43. The Morgan fingerprint density at radius 2 is 2.25 bits per heavy atom. The number of phenols is 1. The zero-order valence-electron chi connectivity index (χ0n) is 8.89. The first-order valence-electron chi connectivity index (χ1n) is 4.94. The number of aromatic hydroxyl groups is 1. The molecule has 0 radical (unpaired) electrons. The number of rotatable bonds is 5. The molecule has 0 aliphatic rings. The van der Waals surface area contributed by atoms with Crippen LogP contribution in [0.5, 0.6) is 5.75 Å². The van der Waals surface area contributed by atoms with E-state index < -0.39 is 12.0 Å². The molecule has 0 fully saturated rings. The van der Waals surface area contributed by atoms with Crippen LogP contribution < -0.4 is 5.73 Å². The van der Waals surface area contributed by atoms with Crippen LogP contribution in [0.15, 0.2) is 30.9 Å². The molecule has 0 amide bonds. The Hall–Kier alpha value is -1.81. The maximum atomic E-state index is 10.6. The maximum Gasteiger partial charge on any atom is 0.320 e. The molecule has 16 heavy (non-hydrogen) atoms. The molecule has 86 valence electrons. The van der Waals surface area contributed by atoms with E-state index in [1.807, 2.05) is 0 Å². The molecule has 0 aromatic heterocycles. The second kappa shape index (κ2) is 5.32. The Balaban J connectivity index is 2.85. The number of carbonyl (C=O) groups is 1. The third kappa shape index (κ3) is 3.10. The van der Waals surface area contributed by atoms with Gasteiger partial charge in [0, 0.05) is 0 Å². The highest BCUT2D eigenvalue weighted by Crippen LogP contribution is 2.20. The van der Waals surface area contributed by atoms with Crippen LogP contribution in [0.4, 0.5) is 0 Å². The smallest absolute Gasteiger partial charge is 0.320 e. The molecule has 0 spiro atoms. The Kier molecular flexibility index (Phi) is 4.08. The Morgan fingerprint density at radius 3 is 2.81 bits per heavy atom. The van der Waals surface area contributed by atoms with Crippen molar-refractivity contribution in [3.05, 3.63) is 42.0 Å². The molecule has 0 bridgehead atoms. The number of carboxylic acid groups (broad SMARTS) is 1. The van der Waals surface area contributed by atoms with Gasteiger partial charge in [0.1, 0.15) is 11.8 Å². The van der Waals surface area contributed by atoms with Gasteiger partial charge in [-0.05, 0) is 30.0 Å². The molecule has 0 unspecified atom stereocenters. The average Bonchev–Trinajstić information content (AvgIpc) is 2.23. The lowest BCUT2D eigenvalue weighted by molar-refractivity contribution is -0.138. The van der Waals surface area contributed by atoms with Gasteiger partial charge in [-0.15, -0.1) is 6.58 Å². The van der Waals surface area contributed by atoms with E-state index in [9.17, 15) is 9.90 Å². The number of hydrogen-bond acceptors (Lipinski definition) is 3. The van der Waals surface area contributed by atoms with Crippen molar-refractivity contribution < 1.29 is 15.0 Å². The lowest BCUT2D eigenvalue weighted by atomic mass is 10.0. The van der Waals surface area contributed by atoms with Gasteiger partial charge in [0.05, 0.1) is 0 Å². The van der Waals surface area contributed by atoms with Crippen LogP contribution >= 0.6 is 0 Å². The van der Waals surface area contributed by atoms with E-state index in [1.54, 1.807) is 24.3 Å². The van der Waals surface area contributed by atoms with E-state index in [-0.39, 0.29) is 12.2 Å². The Labute approximate surface area is 94.0 Å². The first-order valence-corrected chi connectivity index (χ1v) is 4.94. The minimum atomic E-state index is -1.03. The lowest BCUT2D eigenvalue weighted by Crippen LogP contribution is -2.32. The summed E-state index contributed by atoms with van der Waals surface area (Å²) >= 11 is 0. The fourth-order valence-electron chi connectivity index (χ4n) is 1.43. The molecule has 1 atom stereocenters. The number of benzene rings is 1. The van der Waals surface area contributed by atoms with Gasteiger partial charge in [-0.25, -0.2) is 0 Å². The standard InChI is InChI=1S/C12H15NO3/c1-2-3-9-6-8(4-5-11(9)14)7-10(13)12(15)16/h2,4-6,10,14H,1,3,7,13H2,(H,15,16)/t10-/m0/s1. The first-order chi connectivity index (χ1) is 7.54. The fraction of sp³-hybridized carbons (Fsp3) is 0.250. The molecule has 4 nitrogen and oxygen atoms in total. The van der Waals surface area contributed by atoms with Crippen LogP contribution in [0, 0.1) is 0 Å². The normalized spacial score (nSPS) is 12.1. The molecule has 1 aromatic carbocycles. The molecule has 1 aromatic rings. The number of hydrogen-bond donors (Lipinski definition) is 3. The summed E-state index contributed by atoms with van der Waals surface area (Å²) in [6.07, 6.45) is 2.47. The van der Waals surface area contributed by atoms with E-state index in [0.717, 1.165) is 11.1 Å². The summed E-state index contributed by atoms with van der Waals surface area (Å²) in [6.45, 7) is 3.59. The van der Waals surface area contributed by atoms with Crippen molar-refractivity contribution in [2.24, 2.45) is 5.73 Å². The van der Waals surface area contributed by atoms with Crippen LogP contribution in [0.2, 0.25) is 0 Å². The van der Waals surface area contributed by atoms with Gasteiger partial charge in [-0.1, -0.05) is 18.2 Å². The highest BCUT2D eigenvalue weighted by Gasteiger charge is 2.12. The number of carboxylic acids is 1. The van der Waals surface area contributed by atoms with Crippen LogP contribution in [0.25, 0.3) is 0 Å². The summed E-state index contributed by atoms with van der Waals surface area (Å²) in [5.41, 5.74) is 6.95. The minimum absolute atomic E-state index is 0.188. The lowest BCUT2D eigenvalue weighted by Gasteiger charge is -2.09. The van der Waals surface area contributed by atoms with Crippen LogP contribution in [-0.2, 0) is 17.6 Å². The molecule has 0 saturated carbocycles. The summed E-state index contributed by atoms with van der Waals surface area (Å²) in [5.74, 6) is -0.842. The predicted octanol–water partition coefficient (Wildman–Crippen LogP) is 1.08. The monoisotopic (exact) mass is 221 g/mol. The highest BCUT2D eigenvalue weighted by molar-refractivity contribution is 5.73. The summed E-state index contributed by atoms with van der Waals surface area (Å²) in [4.78, 5) is 10.6. The van der Waals surface area contributed by atoms with Crippen molar-refractivity contribution in [2.45, 2.75) is 18.9 Å². The second-order valence-electron chi connectivity index (χ2n) is 3.60. The Bertz CT molecular complexity index is 401. The van der Waals surface area contributed by atoms with Crippen LogP contribution in [0.1, 0.15) is 11.1 Å². The van der Waals surface area contributed by atoms with Gasteiger partial charge in [0.2, 0.25) is 0 Å². The number of aliphatic carboxylic acids is 1. The topological polar surface area (TPSA) is 83.6 Å². The largest absolute Gasteiger partial charge is 0.508 e. The second-order valence-corrected chi connectivity index (χ2v) is 3.60. The molecule has 4 heteroatoms. The Morgan fingerprint density at radius 1 is 1.56 bits per heavy atom. The molecular weight excluding hydrogens is 206 g/mol. The van der Waals surface area contributed by atoms with Gasteiger partial charge in [0.15, 0.2) is 0 Å². The highest BCUT2D eigenvalue weighted by atomic mass is 16.4.